The molecule has 2 N–H and O–H groups in total. The van der Waals surface area contributed by atoms with Crippen LogP contribution in [0.1, 0.15) is 27.7 Å². The molecule has 1 fully saturated rings. The van der Waals surface area contributed by atoms with Crippen molar-refractivity contribution < 1.29 is 4.79 Å². The number of carbonyl (C=O) groups is 1. The monoisotopic (exact) mass is 208 g/mol. The Hall–Kier alpha value is -1.01. The second-order valence-corrected chi connectivity index (χ2v) is 5.25. The van der Waals surface area contributed by atoms with E-state index in [9.17, 15) is 4.79 Å². The molecule has 1 amide bonds. The van der Waals surface area contributed by atoms with Gasteiger partial charge in [-0.1, -0.05) is 33.6 Å². The van der Waals surface area contributed by atoms with Crippen LogP contribution in [0.4, 0.5) is 0 Å². The van der Waals surface area contributed by atoms with Crippen LogP contribution in [0.25, 0.3) is 0 Å². The van der Waals surface area contributed by atoms with Gasteiger partial charge in [0.1, 0.15) is 0 Å². The number of rotatable bonds is 4. The second-order valence-electron chi connectivity index (χ2n) is 5.25. The van der Waals surface area contributed by atoms with E-state index >= 15 is 0 Å². The van der Waals surface area contributed by atoms with Crippen LogP contribution in [0.3, 0.4) is 0 Å². The molecule has 0 aromatic rings. The van der Waals surface area contributed by atoms with Crippen molar-refractivity contribution in [1.29, 1.82) is 0 Å². The third-order valence-electron chi connectivity index (χ3n) is 3.84. The first kappa shape index (κ1) is 12.1. The summed E-state index contributed by atoms with van der Waals surface area (Å²) in [4.78, 5) is 11.5. The van der Waals surface area contributed by atoms with Gasteiger partial charge in [-0.05, 0) is 10.8 Å². The highest BCUT2D eigenvalue weighted by atomic mass is 16.2. The van der Waals surface area contributed by atoms with Crippen molar-refractivity contribution in [2.24, 2.45) is 10.8 Å². The van der Waals surface area contributed by atoms with E-state index < -0.39 is 0 Å². The minimum atomic E-state index is 0.0221. The van der Waals surface area contributed by atoms with Crippen LogP contribution >= 0.6 is 0 Å². The standard InChI is InChI=1S/C12H20N2O/c1-6-7-13-8-9(15)14-10-11(2,3)12(10,4)5/h1,10,13H,7-8H2,2-5H3,(H,14,15). The van der Waals surface area contributed by atoms with Crippen LogP contribution in [0, 0.1) is 23.2 Å². The summed E-state index contributed by atoms with van der Waals surface area (Å²) >= 11 is 0. The van der Waals surface area contributed by atoms with Crippen molar-refractivity contribution in [3.63, 3.8) is 0 Å². The number of amides is 1. The molecule has 0 saturated heterocycles. The second kappa shape index (κ2) is 3.86. The Bertz CT molecular complexity index is 285. The number of carbonyl (C=O) groups excluding carboxylic acids is 1. The summed E-state index contributed by atoms with van der Waals surface area (Å²) in [6.07, 6.45) is 5.07. The lowest BCUT2D eigenvalue weighted by molar-refractivity contribution is -0.120. The highest BCUT2D eigenvalue weighted by molar-refractivity contribution is 5.79. The molecule has 1 aliphatic rings. The highest BCUT2D eigenvalue weighted by Gasteiger charge is 2.65. The SMILES string of the molecule is C#CCNCC(=O)NC1C(C)(C)C1(C)C. The molecule has 0 bridgehead atoms. The Balaban J connectivity index is 2.33. The molecule has 3 heteroatoms. The van der Waals surface area contributed by atoms with Crippen molar-refractivity contribution in [3.05, 3.63) is 0 Å². The van der Waals surface area contributed by atoms with Gasteiger partial charge in [-0.3, -0.25) is 10.1 Å². The molecule has 0 aromatic heterocycles. The summed E-state index contributed by atoms with van der Waals surface area (Å²) in [6, 6.07) is 0.269. The molecule has 0 aliphatic heterocycles. The van der Waals surface area contributed by atoms with Gasteiger partial charge in [0.15, 0.2) is 0 Å². The van der Waals surface area contributed by atoms with Gasteiger partial charge < -0.3 is 5.32 Å². The van der Waals surface area contributed by atoms with Crippen molar-refractivity contribution in [2.75, 3.05) is 13.1 Å². The van der Waals surface area contributed by atoms with Gasteiger partial charge in [0, 0.05) is 6.04 Å². The van der Waals surface area contributed by atoms with Crippen LogP contribution in [-0.2, 0) is 4.79 Å². The summed E-state index contributed by atoms with van der Waals surface area (Å²) in [5, 5.41) is 5.90. The predicted octanol–water partition coefficient (Wildman–Crippen LogP) is 0.760. The van der Waals surface area contributed by atoms with Crippen LogP contribution in [0.5, 0.6) is 0 Å². The van der Waals surface area contributed by atoms with Crippen LogP contribution in [0.15, 0.2) is 0 Å². The number of terminal acetylenes is 1. The molecule has 15 heavy (non-hydrogen) atoms. The molecular formula is C12H20N2O. The topological polar surface area (TPSA) is 41.1 Å². The summed E-state index contributed by atoms with van der Waals surface area (Å²) in [5.41, 5.74) is 0.379. The highest BCUT2D eigenvalue weighted by Crippen LogP contribution is 2.62. The molecular weight excluding hydrogens is 188 g/mol. The van der Waals surface area contributed by atoms with Crippen LogP contribution < -0.4 is 10.6 Å². The van der Waals surface area contributed by atoms with E-state index in [-0.39, 0.29) is 22.8 Å². The van der Waals surface area contributed by atoms with Gasteiger partial charge in [0.05, 0.1) is 13.1 Å². The van der Waals surface area contributed by atoms with Gasteiger partial charge in [-0.2, -0.15) is 0 Å². The first-order valence-corrected chi connectivity index (χ1v) is 5.27. The maximum atomic E-state index is 11.5. The average molecular weight is 208 g/mol. The fourth-order valence-corrected chi connectivity index (χ4v) is 2.02. The Morgan fingerprint density at radius 3 is 2.27 bits per heavy atom. The number of hydrogen-bond acceptors (Lipinski definition) is 2. The zero-order valence-corrected chi connectivity index (χ0v) is 9.98. The molecule has 1 aliphatic carbocycles. The normalized spacial score (nSPS) is 21.8. The fourth-order valence-electron chi connectivity index (χ4n) is 2.02. The lowest BCUT2D eigenvalue weighted by Crippen LogP contribution is -2.37. The molecule has 1 rings (SSSR count). The quantitative estimate of drug-likeness (QED) is 0.529. The maximum absolute atomic E-state index is 11.5. The van der Waals surface area contributed by atoms with Gasteiger partial charge >= 0.3 is 0 Å². The van der Waals surface area contributed by atoms with Gasteiger partial charge in [-0.15, -0.1) is 6.42 Å². The van der Waals surface area contributed by atoms with E-state index in [0.29, 0.717) is 13.1 Å². The smallest absolute Gasteiger partial charge is 0.234 e. The Morgan fingerprint density at radius 2 is 1.87 bits per heavy atom. The molecule has 0 aromatic carbocycles. The van der Waals surface area contributed by atoms with E-state index in [1.807, 2.05) is 0 Å². The van der Waals surface area contributed by atoms with E-state index in [2.05, 4.69) is 44.2 Å². The van der Waals surface area contributed by atoms with E-state index in [1.54, 1.807) is 0 Å². The third-order valence-corrected chi connectivity index (χ3v) is 3.84. The Labute approximate surface area is 92.0 Å². The van der Waals surface area contributed by atoms with Gasteiger partial charge in [-0.25, -0.2) is 0 Å². The van der Waals surface area contributed by atoms with Crippen LogP contribution in [0.2, 0.25) is 0 Å². The maximum Gasteiger partial charge on any atom is 0.234 e. The van der Waals surface area contributed by atoms with E-state index in [0.717, 1.165) is 0 Å². The lowest BCUT2D eigenvalue weighted by atomic mass is 10.0. The van der Waals surface area contributed by atoms with Crippen molar-refractivity contribution in [1.82, 2.24) is 10.6 Å². The third kappa shape index (κ3) is 2.15. The van der Waals surface area contributed by atoms with Crippen molar-refractivity contribution in [2.45, 2.75) is 33.7 Å². The molecule has 3 nitrogen and oxygen atoms in total. The van der Waals surface area contributed by atoms with Crippen LogP contribution in [-0.4, -0.2) is 25.0 Å². The van der Waals surface area contributed by atoms with E-state index in [4.69, 9.17) is 6.42 Å². The zero-order chi connectivity index (χ0) is 11.7. The molecule has 0 atom stereocenters. The van der Waals surface area contributed by atoms with Crippen molar-refractivity contribution in [3.8, 4) is 12.3 Å². The Kier molecular flexibility index (Phi) is 3.11. The minimum Gasteiger partial charge on any atom is -0.351 e. The first-order valence-electron chi connectivity index (χ1n) is 5.27. The van der Waals surface area contributed by atoms with Crippen molar-refractivity contribution >= 4 is 5.91 Å². The molecule has 0 heterocycles. The largest absolute Gasteiger partial charge is 0.351 e. The molecule has 0 spiro atoms. The number of hydrogen-bond donors (Lipinski definition) is 2. The summed E-state index contributed by atoms with van der Waals surface area (Å²) < 4.78 is 0. The molecule has 1 saturated carbocycles. The molecule has 84 valence electrons. The lowest BCUT2D eigenvalue weighted by Gasteiger charge is -2.06. The first-order chi connectivity index (χ1) is 6.84. The molecule has 0 radical (unpaired) electrons. The van der Waals surface area contributed by atoms with Gasteiger partial charge in [0.25, 0.3) is 0 Å². The summed E-state index contributed by atoms with van der Waals surface area (Å²) in [6.45, 7) is 9.43. The summed E-state index contributed by atoms with van der Waals surface area (Å²) in [5.74, 6) is 2.46. The summed E-state index contributed by atoms with van der Waals surface area (Å²) in [7, 11) is 0. The predicted molar refractivity (Wildman–Crippen MR) is 61.2 cm³/mol. The minimum absolute atomic E-state index is 0.0221. The average Bonchev–Trinajstić information content (AvgIpc) is 2.49. The zero-order valence-electron chi connectivity index (χ0n) is 9.98. The number of nitrogens with one attached hydrogen (secondary N) is 2. The Morgan fingerprint density at radius 1 is 1.33 bits per heavy atom. The molecule has 0 unspecified atom stereocenters. The van der Waals surface area contributed by atoms with E-state index in [1.165, 1.54) is 0 Å². The fraction of sp³-hybridized carbons (Fsp3) is 0.750. The van der Waals surface area contributed by atoms with Gasteiger partial charge in [0.2, 0.25) is 5.91 Å².